The van der Waals surface area contributed by atoms with E-state index < -0.39 is 12.1 Å². The summed E-state index contributed by atoms with van der Waals surface area (Å²) in [6.07, 6.45) is -2.57. The van der Waals surface area contributed by atoms with Gasteiger partial charge >= 0.3 is 12.1 Å². The van der Waals surface area contributed by atoms with Gasteiger partial charge < -0.3 is 29.5 Å². The fourth-order valence-corrected chi connectivity index (χ4v) is 3.60. The first-order valence-electron chi connectivity index (χ1n) is 10.2. The molecule has 0 aromatic carbocycles. The van der Waals surface area contributed by atoms with Crippen molar-refractivity contribution in [3.63, 3.8) is 0 Å². The van der Waals surface area contributed by atoms with E-state index in [1.165, 1.54) is 0 Å². The summed E-state index contributed by atoms with van der Waals surface area (Å²) in [6, 6.07) is 1.63. The Kier molecular flexibility index (Phi) is 7.85. The van der Waals surface area contributed by atoms with Crippen molar-refractivity contribution in [3.05, 3.63) is 18.1 Å². The Hall–Kier alpha value is -2.51. The lowest BCUT2D eigenvalue weighted by Crippen LogP contribution is -2.50. The number of hydrogen-bond acceptors (Lipinski definition) is 8. The molecule has 0 bridgehead atoms. The Morgan fingerprint density at radius 1 is 1.09 bits per heavy atom. The van der Waals surface area contributed by atoms with Gasteiger partial charge in [0.25, 0.3) is 0 Å². The number of anilines is 1. The monoisotopic (exact) mass is 462 g/mol. The van der Waals surface area contributed by atoms with Crippen LogP contribution < -0.4 is 4.90 Å². The standard InChI is InChI=1S/C17H24N4O4.C2HF3O2/c22-13-9-12(10-13)17(23)21-5-8-25-11-14(21)16-18-2-1-15(19-16)20-3-6-24-7-4-20;3-2(4,5)1(6)7/h1-2,12-14,22H,3-11H2;(H,6,7). The van der Waals surface area contributed by atoms with Crippen molar-refractivity contribution >= 4 is 17.7 Å². The Balaban J connectivity index is 0.000000360. The second kappa shape index (κ2) is 10.4. The molecule has 10 nitrogen and oxygen atoms in total. The number of carboxylic acids is 1. The summed E-state index contributed by atoms with van der Waals surface area (Å²) in [4.78, 5) is 34.8. The molecule has 1 aliphatic carbocycles. The first kappa shape index (κ1) is 24.1. The molecule has 178 valence electrons. The number of aliphatic hydroxyl groups is 1. The van der Waals surface area contributed by atoms with Crippen molar-refractivity contribution < 1.29 is 42.4 Å². The summed E-state index contributed by atoms with van der Waals surface area (Å²) in [5.41, 5.74) is 0. The third kappa shape index (κ3) is 6.04. The number of halogens is 3. The topological polar surface area (TPSA) is 125 Å². The van der Waals surface area contributed by atoms with E-state index >= 15 is 0 Å². The SMILES string of the molecule is O=C(C1CC(O)C1)N1CCOCC1c1nccc(N2CCOCC2)n1.O=C(O)C(F)(F)F. The zero-order chi connectivity index (χ0) is 23.3. The lowest BCUT2D eigenvalue weighted by molar-refractivity contribution is -0.192. The number of carboxylic acid groups (broad SMARTS) is 1. The summed E-state index contributed by atoms with van der Waals surface area (Å²) in [6.45, 7) is 4.48. The first-order valence-corrected chi connectivity index (χ1v) is 10.2. The summed E-state index contributed by atoms with van der Waals surface area (Å²) >= 11 is 0. The van der Waals surface area contributed by atoms with Crippen LogP contribution in [0.5, 0.6) is 0 Å². The number of hydrogen-bond donors (Lipinski definition) is 2. The molecular weight excluding hydrogens is 437 g/mol. The zero-order valence-corrected chi connectivity index (χ0v) is 17.2. The molecule has 1 aromatic heterocycles. The van der Waals surface area contributed by atoms with Gasteiger partial charge in [0.1, 0.15) is 11.9 Å². The van der Waals surface area contributed by atoms with Gasteiger partial charge in [-0.15, -0.1) is 0 Å². The molecule has 1 saturated carbocycles. The van der Waals surface area contributed by atoms with Gasteiger partial charge in [0.2, 0.25) is 5.91 Å². The van der Waals surface area contributed by atoms with Crippen molar-refractivity contribution in [2.24, 2.45) is 5.92 Å². The second-order valence-electron chi connectivity index (χ2n) is 7.62. The van der Waals surface area contributed by atoms with Crippen LogP contribution >= 0.6 is 0 Å². The number of aromatic nitrogens is 2. The van der Waals surface area contributed by atoms with Crippen LogP contribution in [0.2, 0.25) is 0 Å². The highest BCUT2D eigenvalue weighted by atomic mass is 19.4. The first-order chi connectivity index (χ1) is 15.2. The third-order valence-corrected chi connectivity index (χ3v) is 5.41. The highest BCUT2D eigenvalue weighted by Gasteiger charge is 2.40. The molecule has 2 N–H and O–H groups in total. The smallest absolute Gasteiger partial charge is 0.475 e. The minimum atomic E-state index is -5.08. The van der Waals surface area contributed by atoms with Crippen molar-refractivity contribution in [1.29, 1.82) is 0 Å². The number of morpholine rings is 2. The van der Waals surface area contributed by atoms with E-state index in [1.807, 2.05) is 11.0 Å². The lowest BCUT2D eigenvalue weighted by atomic mass is 9.81. The highest BCUT2D eigenvalue weighted by molar-refractivity contribution is 5.80. The van der Waals surface area contributed by atoms with Gasteiger partial charge in [-0.1, -0.05) is 0 Å². The average Bonchev–Trinajstić information content (AvgIpc) is 2.77. The quantitative estimate of drug-likeness (QED) is 0.665. The van der Waals surface area contributed by atoms with Gasteiger partial charge in [0, 0.05) is 31.7 Å². The van der Waals surface area contributed by atoms with Crippen LogP contribution in [0.4, 0.5) is 19.0 Å². The largest absolute Gasteiger partial charge is 0.490 e. The number of carbonyl (C=O) groups excluding carboxylic acids is 1. The number of rotatable bonds is 3. The molecule has 4 rings (SSSR count). The Morgan fingerprint density at radius 2 is 1.72 bits per heavy atom. The molecule has 3 fully saturated rings. The van der Waals surface area contributed by atoms with E-state index in [0.29, 0.717) is 51.6 Å². The van der Waals surface area contributed by atoms with E-state index in [4.69, 9.17) is 24.4 Å². The molecule has 2 saturated heterocycles. The van der Waals surface area contributed by atoms with Crippen molar-refractivity contribution in [1.82, 2.24) is 14.9 Å². The molecule has 1 aromatic rings. The van der Waals surface area contributed by atoms with Gasteiger partial charge in [-0.2, -0.15) is 13.2 Å². The molecule has 1 atom stereocenters. The maximum Gasteiger partial charge on any atom is 0.490 e. The zero-order valence-electron chi connectivity index (χ0n) is 17.2. The van der Waals surface area contributed by atoms with Crippen LogP contribution in [0.1, 0.15) is 24.7 Å². The molecule has 2 aliphatic heterocycles. The Bertz CT molecular complexity index is 800. The number of aliphatic hydroxyl groups excluding tert-OH is 1. The van der Waals surface area contributed by atoms with Gasteiger partial charge in [-0.3, -0.25) is 4.79 Å². The molecular formula is C19H25F3N4O6. The Morgan fingerprint density at radius 3 is 2.31 bits per heavy atom. The Labute approximate surface area is 181 Å². The van der Waals surface area contributed by atoms with Crippen LogP contribution in [0, 0.1) is 5.92 Å². The predicted octanol–water partition coefficient (Wildman–Crippen LogP) is 0.617. The fraction of sp³-hybridized carbons (Fsp3) is 0.684. The van der Waals surface area contributed by atoms with E-state index in [1.54, 1.807) is 6.20 Å². The van der Waals surface area contributed by atoms with Crippen molar-refractivity contribution in [2.75, 3.05) is 51.0 Å². The maximum atomic E-state index is 12.8. The molecule has 1 unspecified atom stereocenters. The lowest BCUT2D eigenvalue weighted by Gasteiger charge is -2.40. The number of ether oxygens (including phenoxy) is 2. The van der Waals surface area contributed by atoms with E-state index in [2.05, 4.69) is 9.88 Å². The van der Waals surface area contributed by atoms with Gasteiger partial charge in [-0.05, 0) is 18.9 Å². The summed E-state index contributed by atoms with van der Waals surface area (Å²) in [7, 11) is 0. The average molecular weight is 462 g/mol. The van der Waals surface area contributed by atoms with E-state index in [0.717, 1.165) is 18.9 Å². The van der Waals surface area contributed by atoms with Gasteiger partial charge in [-0.25, -0.2) is 14.8 Å². The summed E-state index contributed by atoms with van der Waals surface area (Å²) < 4.78 is 42.7. The van der Waals surface area contributed by atoms with Crippen LogP contribution in [-0.2, 0) is 19.1 Å². The van der Waals surface area contributed by atoms with E-state index in [-0.39, 0.29) is 24.0 Å². The third-order valence-electron chi connectivity index (χ3n) is 5.41. The number of alkyl halides is 3. The fourth-order valence-electron chi connectivity index (χ4n) is 3.60. The predicted molar refractivity (Wildman–Crippen MR) is 103 cm³/mol. The van der Waals surface area contributed by atoms with Crippen LogP contribution in [0.15, 0.2) is 12.3 Å². The number of amides is 1. The van der Waals surface area contributed by atoms with Crippen LogP contribution in [-0.4, -0.2) is 95.3 Å². The summed E-state index contributed by atoms with van der Waals surface area (Å²) in [5, 5.41) is 16.6. The number of carbonyl (C=O) groups is 2. The normalized spacial score (nSPS) is 25.9. The molecule has 0 spiro atoms. The van der Waals surface area contributed by atoms with Crippen LogP contribution in [0.3, 0.4) is 0 Å². The molecule has 1 amide bonds. The second-order valence-corrected chi connectivity index (χ2v) is 7.62. The minimum absolute atomic E-state index is 0.0824. The minimum Gasteiger partial charge on any atom is -0.475 e. The molecule has 0 radical (unpaired) electrons. The highest BCUT2D eigenvalue weighted by Crippen LogP contribution is 2.33. The number of nitrogens with zero attached hydrogens (tertiary/aromatic N) is 4. The molecule has 13 heteroatoms. The van der Waals surface area contributed by atoms with E-state index in [9.17, 15) is 23.1 Å². The molecule has 3 heterocycles. The van der Waals surface area contributed by atoms with Crippen molar-refractivity contribution in [3.8, 4) is 0 Å². The van der Waals surface area contributed by atoms with Gasteiger partial charge in [0.05, 0.1) is 32.5 Å². The molecule has 32 heavy (non-hydrogen) atoms. The summed E-state index contributed by atoms with van der Waals surface area (Å²) in [5.74, 6) is -1.27. The number of aliphatic carboxylic acids is 1. The molecule has 3 aliphatic rings. The van der Waals surface area contributed by atoms with Crippen molar-refractivity contribution in [2.45, 2.75) is 31.2 Å². The maximum absolute atomic E-state index is 12.8. The van der Waals surface area contributed by atoms with Crippen LogP contribution in [0.25, 0.3) is 0 Å². The van der Waals surface area contributed by atoms with Gasteiger partial charge in [0.15, 0.2) is 5.82 Å².